The number of piperidine rings is 1. The predicted octanol–water partition coefficient (Wildman–Crippen LogP) is 2.82. The summed E-state index contributed by atoms with van der Waals surface area (Å²) in [6.07, 6.45) is 2.15. The van der Waals surface area contributed by atoms with E-state index in [2.05, 4.69) is 5.32 Å². The maximum Gasteiger partial charge on any atom is 0.410 e. The number of hydrogen-bond donors (Lipinski definition) is 2. The number of carbonyl (C=O) groups is 2. The second-order valence-corrected chi connectivity index (χ2v) is 7.49. The lowest BCUT2D eigenvalue weighted by Gasteiger charge is -2.36. The molecule has 1 aromatic carbocycles. The summed E-state index contributed by atoms with van der Waals surface area (Å²) in [4.78, 5) is 36.3. The van der Waals surface area contributed by atoms with E-state index in [1.807, 2.05) is 0 Å². The maximum atomic E-state index is 12.4. The van der Waals surface area contributed by atoms with Crippen molar-refractivity contribution in [1.29, 1.82) is 0 Å². The van der Waals surface area contributed by atoms with Gasteiger partial charge in [-0.05, 0) is 52.2 Å². The smallest absolute Gasteiger partial charge is 0.410 e. The van der Waals surface area contributed by atoms with Crippen molar-refractivity contribution in [2.75, 3.05) is 13.1 Å². The number of amides is 2. The van der Waals surface area contributed by atoms with E-state index in [1.165, 1.54) is 6.07 Å². The number of nitrogens with zero attached hydrogens (tertiary/aromatic N) is 2. The highest BCUT2D eigenvalue weighted by atomic mass is 16.6. The molecule has 27 heavy (non-hydrogen) atoms. The molecule has 1 atom stereocenters. The number of nitrogens with one attached hydrogen (secondary N) is 1. The molecule has 0 spiro atoms. The average molecular weight is 379 g/mol. The fourth-order valence-electron chi connectivity index (χ4n) is 2.91. The Morgan fingerprint density at radius 3 is 2.67 bits per heavy atom. The Morgan fingerprint density at radius 2 is 2.07 bits per heavy atom. The maximum absolute atomic E-state index is 12.4. The first kappa shape index (κ1) is 20.5. The van der Waals surface area contributed by atoms with Crippen molar-refractivity contribution in [3.8, 4) is 5.75 Å². The summed E-state index contributed by atoms with van der Waals surface area (Å²) in [5, 5.41) is 23.1. The Kier molecular flexibility index (Phi) is 6.24. The fraction of sp³-hybridized carbons (Fsp3) is 0.556. The van der Waals surface area contributed by atoms with Crippen LogP contribution in [0.25, 0.3) is 0 Å². The van der Waals surface area contributed by atoms with Gasteiger partial charge in [0, 0.05) is 24.7 Å². The third-order valence-corrected chi connectivity index (χ3v) is 4.19. The van der Waals surface area contributed by atoms with Gasteiger partial charge in [0.05, 0.1) is 11.0 Å². The third-order valence-electron chi connectivity index (χ3n) is 4.19. The van der Waals surface area contributed by atoms with Gasteiger partial charge in [0.2, 0.25) is 0 Å². The molecule has 0 saturated carbocycles. The molecule has 1 aliphatic heterocycles. The number of phenols is 1. The van der Waals surface area contributed by atoms with Crippen molar-refractivity contribution in [3.05, 3.63) is 33.9 Å². The Labute approximate surface area is 157 Å². The van der Waals surface area contributed by atoms with E-state index < -0.39 is 34.0 Å². The van der Waals surface area contributed by atoms with Gasteiger partial charge >= 0.3 is 11.8 Å². The zero-order valence-corrected chi connectivity index (χ0v) is 15.7. The number of phenolic OH excluding ortho intramolecular Hbond substituents is 1. The van der Waals surface area contributed by atoms with Crippen LogP contribution >= 0.6 is 0 Å². The molecule has 0 aliphatic carbocycles. The summed E-state index contributed by atoms with van der Waals surface area (Å²) >= 11 is 0. The molecule has 0 radical (unpaired) electrons. The van der Waals surface area contributed by atoms with Gasteiger partial charge < -0.3 is 20.1 Å². The number of benzene rings is 1. The molecule has 1 fully saturated rings. The van der Waals surface area contributed by atoms with E-state index in [0.717, 1.165) is 31.4 Å². The van der Waals surface area contributed by atoms with Crippen LogP contribution in [-0.2, 0) is 4.74 Å². The second-order valence-electron chi connectivity index (χ2n) is 7.49. The van der Waals surface area contributed by atoms with Crippen molar-refractivity contribution in [3.63, 3.8) is 0 Å². The number of aromatic hydroxyl groups is 1. The lowest BCUT2D eigenvalue weighted by Crippen LogP contribution is -2.50. The summed E-state index contributed by atoms with van der Waals surface area (Å²) in [5.74, 6) is -1.05. The van der Waals surface area contributed by atoms with Crippen molar-refractivity contribution in [1.82, 2.24) is 10.2 Å². The molecule has 9 nitrogen and oxygen atoms in total. The molecule has 1 unspecified atom stereocenters. The van der Waals surface area contributed by atoms with Gasteiger partial charge in [-0.3, -0.25) is 14.9 Å². The van der Waals surface area contributed by atoms with Crippen LogP contribution in [0.5, 0.6) is 5.75 Å². The zero-order chi connectivity index (χ0) is 20.2. The Bertz CT molecular complexity index is 728. The quantitative estimate of drug-likeness (QED) is 0.613. The molecule has 2 amide bonds. The first-order valence-corrected chi connectivity index (χ1v) is 8.83. The molecule has 0 bridgehead atoms. The van der Waals surface area contributed by atoms with Gasteiger partial charge in [0.1, 0.15) is 5.60 Å². The van der Waals surface area contributed by atoms with Gasteiger partial charge in [0.25, 0.3) is 5.91 Å². The largest absolute Gasteiger partial charge is 0.502 e. The number of rotatable bonds is 4. The van der Waals surface area contributed by atoms with Crippen LogP contribution in [0.3, 0.4) is 0 Å². The molecule has 1 aromatic rings. The first-order valence-electron chi connectivity index (χ1n) is 8.83. The normalized spacial score (nSPS) is 17.3. The number of likely N-dealkylation sites (tertiary alicyclic amines) is 1. The highest BCUT2D eigenvalue weighted by Gasteiger charge is 2.30. The van der Waals surface area contributed by atoms with Gasteiger partial charge in [-0.1, -0.05) is 0 Å². The lowest BCUT2D eigenvalue weighted by atomic mass is 10.0. The minimum absolute atomic E-state index is 0.109. The number of ether oxygens (including phenoxy) is 1. The highest BCUT2D eigenvalue weighted by Crippen LogP contribution is 2.26. The van der Waals surface area contributed by atoms with Gasteiger partial charge in [0.15, 0.2) is 5.75 Å². The van der Waals surface area contributed by atoms with Crippen molar-refractivity contribution in [2.24, 2.45) is 0 Å². The van der Waals surface area contributed by atoms with E-state index in [4.69, 9.17) is 4.74 Å². The lowest BCUT2D eigenvalue weighted by molar-refractivity contribution is -0.385. The van der Waals surface area contributed by atoms with Crippen LogP contribution in [0.4, 0.5) is 10.5 Å². The van der Waals surface area contributed by atoms with Crippen molar-refractivity contribution < 1.29 is 24.4 Å². The Balaban J connectivity index is 2.00. The van der Waals surface area contributed by atoms with Crippen molar-refractivity contribution >= 4 is 17.7 Å². The summed E-state index contributed by atoms with van der Waals surface area (Å²) in [6.45, 7) is 6.19. The van der Waals surface area contributed by atoms with Crippen LogP contribution in [0.15, 0.2) is 18.2 Å². The molecule has 1 saturated heterocycles. The molecule has 1 heterocycles. The topological polar surface area (TPSA) is 122 Å². The van der Waals surface area contributed by atoms with Gasteiger partial charge in [-0.2, -0.15) is 0 Å². The molecule has 0 aromatic heterocycles. The van der Waals surface area contributed by atoms with Crippen LogP contribution in [0, 0.1) is 10.1 Å². The number of carbonyl (C=O) groups excluding carboxylic acids is 2. The summed E-state index contributed by atoms with van der Waals surface area (Å²) < 4.78 is 5.43. The second kappa shape index (κ2) is 8.24. The monoisotopic (exact) mass is 379 g/mol. The standard InChI is InChI=1S/C18H25N3O6/c1-18(2,3)27-17(24)20-9-5-4-6-13(20)11-19-16(23)12-7-8-14(21(25)26)15(22)10-12/h7-8,10,13,22H,4-6,9,11H2,1-3H3,(H,19,23). The highest BCUT2D eigenvalue weighted by molar-refractivity contribution is 5.95. The summed E-state index contributed by atoms with van der Waals surface area (Å²) in [7, 11) is 0. The fourth-order valence-corrected chi connectivity index (χ4v) is 2.91. The molecule has 2 N–H and O–H groups in total. The van der Waals surface area contributed by atoms with E-state index in [-0.39, 0.29) is 18.2 Å². The predicted molar refractivity (Wildman–Crippen MR) is 97.7 cm³/mol. The molecule has 9 heteroatoms. The third kappa shape index (κ3) is 5.57. The minimum atomic E-state index is -0.724. The molecule has 1 aliphatic rings. The van der Waals surface area contributed by atoms with Crippen LogP contribution in [0.2, 0.25) is 0 Å². The SMILES string of the molecule is CC(C)(C)OC(=O)N1CCCCC1CNC(=O)c1ccc([N+](=O)[O-])c(O)c1. The zero-order valence-electron chi connectivity index (χ0n) is 15.7. The van der Waals surface area contributed by atoms with E-state index in [0.29, 0.717) is 6.54 Å². The van der Waals surface area contributed by atoms with Crippen LogP contribution in [-0.4, -0.2) is 51.7 Å². The van der Waals surface area contributed by atoms with E-state index >= 15 is 0 Å². The number of hydrogen-bond acceptors (Lipinski definition) is 6. The van der Waals surface area contributed by atoms with E-state index in [9.17, 15) is 24.8 Å². The van der Waals surface area contributed by atoms with Crippen LogP contribution < -0.4 is 5.32 Å². The Hall–Kier alpha value is -2.84. The summed E-state index contributed by atoms with van der Waals surface area (Å²) in [5.41, 5.74) is -0.953. The average Bonchev–Trinajstić information content (AvgIpc) is 2.58. The number of nitro benzene ring substituents is 1. The van der Waals surface area contributed by atoms with Gasteiger partial charge in [-0.25, -0.2) is 4.79 Å². The number of nitro groups is 1. The van der Waals surface area contributed by atoms with Crippen molar-refractivity contribution in [2.45, 2.75) is 51.7 Å². The minimum Gasteiger partial charge on any atom is -0.502 e. The molecule has 148 valence electrons. The molecular weight excluding hydrogens is 354 g/mol. The first-order chi connectivity index (χ1) is 12.6. The van der Waals surface area contributed by atoms with Crippen LogP contribution in [0.1, 0.15) is 50.4 Å². The van der Waals surface area contributed by atoms with E-state index in [1.54, 1.807) is 25.7 Å². The van der Waals surface area contributed by atoms with Gasteiger partial charge in [-0.15, -0.1) is 0 Å². The molecule has 2 rings (SSSR count). The summed E-state index contributed by atoms with van der Waals surface area (Å²) in [6, 6.07) is 3.22. The Morgan fingerprint density at radius 1 is 1.37 bits per heavy atom. The molecular formula is C18H25N3O6.